The number of nitrogens with zero attached hydrogens (tertiary/aromatic N) is 4. The van der Waals surface area contributed by atoms with Crippen LogP contribution in [0.25, 0.3) is 133 Å². The van der Waals surface area contributed by atoms with Gasteiger partial charge < -0.3 is 18.9 Å². The van der Waals surface area contributed by atoms with Gasteiger partial charge in [0.25, 0.3) is 6.71 Å². The first-order valence-electron chi connectivity index (χ1n) is 39.9. The molecular weight excluding hydrogens is 1360 g/mol. The molecule has 2 aromatic heterocycles. The molecule has 0 N–H and O–H groups in total. The summed E-state index contributed by atoms with van der Waals surface area (Å²) in [6, 6.07) is 138. The van der Waals surface area contributed by atoms with Crippen LogP contribution in [0.1, 0.15) is 79.0 Å². The number of benzene rings is 16. The van der Waals surface area contributed by atoms with E-state index in [1.54, 1.807) is 0 Å². The van der Waals surface area contributed by atoms with Gasteiger partial charge in [0.15, 0.2) is 0 Å². The van der Waals surface area contributed by atoms with Crippen LogP contribution in [-0.4, -0.2) is 15.8 Å². The molecule has 0 fully saturated rings. The van der Waals surface area contributed by atoms with Crippen LogP contribution >= 0.6 is 0 Å². The molecule has 0 amide bonds. The van der Waals surface area contributed by atoms with Gasteiger partial charge in [-0.15, -0.1) is 0 Å². The van der Waals surface area contributed by atoms with Crippen LogP contribution < -0.4 is 26.2 Å². The molecule has 4 heterocycles. The highest BCUT2D eigenvalue weighted by Crippen LogP contribution is 2.56. The van der Waals surface area contributed by atoms with Gasteiger partial charge >= 0.3 is 0 Å². The van der Waals surface area contributed by atoms with Crippen LogP contribution in [0.5, 0.6) is 0 Å². The topological polar surface area (TPSA) is 16.3 Å². The van der Waals surface area contributed by atoms with Crippen molar-refractivity contribution < 1.29 is 0 Å². The molecule has 113 heavy (non-hydrogen) atoms. The van der Waals surface area contributed by atoms with Crippen molar-refractivity contribution in [2.75, 3.05) is 9.80 Å². The van der Waals surface area contributed by atoms with Gasteiger partial charge in [0.2, 0.25) is 0 Å². The summed E-state index contributed by atoms with van der Waals surface area (Å²) in [5, 5.41) is 4.82. The van der Waals surface area contributed by atoms with E-state index in [9.17, 15) is 0 Å². The number of para-hydroxylation sites is 3. The minimum Gasteiger partial charge on any atom is -0.310 e. The molecule has 0 radical (unpaired) electrons. The van der Waals surface area contributed by atoms with E-state index < -0.39 is 0 Å². The summed E-state index contributed by atoms with van der Waals surface area (Å²) in [6.45, 7) is 21.1. The number of hydrogen-bond acceptors (Lipinski definition) is 2. The van der Waals surface area contributed by atoms with Crippen LogP contribution in [-0.2, 0) is 16.2 Å². The zero-order chi connectivity index (χ0) is 76.6. The summed E-state index contributed by atoms with van der Waals surface area (Å²) in [5.41, 5.74) is 36.5. The average molecular weight is 1450 g/mol. The van der Waals surface area contributed by atoms with Crippen molar-refractivity contribution >= 4 is 101 Å². The lowest BCUT2D eigenvalue weighted by molar-refractivity contribution is 0.569. The quantitative estimate of drug-likeness (QED) is 0.120. The average Bonchev–Trinajstić information content (AvgIpc) is 1.10. The van der Waals surface area contributed by atoms with Gasteiger partial charge in [-0.25, -0.2) is 0 Å². The molecule has 20 rings (SSSR count). The highest BCUT2D eigenvalue weighted by atomic mass is 15.2. The zero-order valence-electron chi connectivity index (χ0n) is 65.5. The molecule has 4 nitrogen and oxygen atoms in total. The van der Waals surface area contributed by atoms with Crippen LogP contribution in [0.4, 0.5) is 34.1 Å². The number of aromatic nitrogens is 2. The van der Waals surface area contributed by atoms with Gasteiger partial charge in [0.05, 0.1) is 33.4 Å². The van der Waals surface area contributed by atoms with Crippen molar-refractivity contribution in [3.63, 3.8) is 0 Å². The number of fused-ring (bicyclic) bond motifs is 11. The van der Waals surface area contributed by atoms with Crippen LogP contribution in [0.3, 0.4) is 0 Å². The fourth-order valence-electron chi connectivity index (χ4n) is 18.2. The van der Waals surface area contributed by atoms with Crippen molar-refractivity contribution in [2.24, 2.45) is 0 Å². The van der Waals surface area contributed by atoms with E-state index in [-0.39, 0.29) is 23.0 Å². The normalized spacial score (nSPS) is 12.8. The summed E-state index contributed by atoms with van der Waals surface area (Å²) in [7, 11) is 0. The van der Waals surface area contributed by atoms with E-state index in [1.165, 1.54) is 76.8 Å². The standard InChI is InChI=1S/C108H87BN4/c1-106(2,3)80-59-77(60-81(66-80)107(4,5)6)76-53-58-97-94(65-76)109-93-57-54-84(111-96-52-34-32-50-86(96)88-56-55-87-85-49-31-33-51-95(85)110(104(87)105(88)111)83-47-29-16-30-48-83)69-98(93)113(103-91(74-43-25-14-26-44-74)63-79(71-37-19-11-20-38-71)64-92(103)75-45-27-15-28-46-75)100-68-82(108(7,8)9)67-99(101(100)109)112(97)102-89(72-39-21-12-22-40-72)61-78(70-35-17-10-18-36-70)62-90(102)73-41-23-13-24-42-73/h10-69H,1-9H3. The van der Waals surface area contributed by atoms with E-state index in [0.717, 1.165) is 123 Å². The predicted octanol–water partition coefficient (Wildman–Crippen LogP) is 27.5. The Morgan fingerprint density at radius 3 is 0.991 bits per heavy atom. The van der Waals surface area contributed by atoms with Gasteiger partial charge in [-0.1, -0.05) is 347 Å². The second-order valence-electron chi connectivity index (χ2n) is 34.0. The van der Waals surface area contributed by atoms with Crippen molar-refractivity contribution in [2.45, 2.75) is 78.6 Å². The summed E-state index contributed by atoms with van der Waals surface area (Å²) < 4.78 is 5.11. The van der Waals surface area contributed by atoms with E-state index in [4.69, 9.17) is 0 Å². The van der Waals surface area contributed by atoms with Crippen LogP contribution in [0.2, 0.25) is 0 Å². The summed E-state index contributed by atoms with van der Waals surface area (Å²) >= 11 is 0. The highest BCUT2D eigenvalue weighted by molar-refractivity contribution is 7.00. The highest BCUT2D eigenvalue weighted by Gasteiger charge is 2.47. The Kier molecular flexibility index (Phi) is 16.4. The van der Waals surface area contributed by atoms with Gasteiger partial charge in [0, 0.05) is 77.9 Å². The Hall–Kier alpha value is -13.2. The first-order chi connectivity index (χ1) is 55.0. The molecule has 2 aliphatic heterocycles. The van der Waals surface area contributed by atoms with Crippen molar-refractivity contribution in [1.29, 1.82) is 0 Å². The fourth-order valence-corrected chi connectivity index (χ4v) is 18.2. The SMILES string of the molecule is CC(C)(C)c1cc(-c2ccc3c(c2)B2c4ccc(-n5c6ccccc6c6ccc7c8ccccc8n(-c8ccccc8)c7c65)cc4N(c4c(-c5ccccc5)cc(-c5ccccc5)cc4-c4ccccc4)c4cc(C(C)(C)C)cc(c42)N3c2c(-c3ccccc3)cc(-c3ccccc3)cc2-c2ccccc2)cc(C(C)(C)C)c1. The maximum Gasteiger partial charge on any atom is 0.252 e. The molecule has 0 bridgehead atoms. The molecule has 18 aromatic rings. The molecule has 542 valence electrons. The van der Waals surface area contributed by atoms with Crippen molar-refractivity contribution in [3.8, 4) is 89.3 Å². The molecule has 2 aliphatic rings. The van der Waals surface area contributed by atoms with Crippen molar-refractivity contribution in [3.05, 3.63) is 381 Å². The Balaban J connectivity index is 0.979. The second kappa shape index (κ2) is 26.8. The smallest absolute Gasteiger partial charge is 0.252 e. The molecule has 0 saturated carbocycles. The molecular formula is C108H87BN4. The maximum absolute atomic E-state index is 2.75. The lowest BCUT2D eigenvalue weighted by atomic mass is 9.33. The van der Waals surface area contributed by atoms with Gasteiger partial charge in [-0.2, -0.15) is 0 Å². The Labute approximate surface area is 663 Å². The lowest BCUT2D eigenvalue weighted by Gasteiger charge is -2.46. The summed E-state index contributed by atoms with van der Waals surface area (Å²) in [5.74, 6) is 0. The third-order valence-electron chi connectivity index (χ3n) is 23.9. The van der Waals surface area contributed by atoms with Crippen LogP contribution in [0.15, 0.2) is 364 Å². The third-order valence-corrected chi connectivity index (χ3v) is 23.9. The van der Waals surface area contributed by atoms with E-state index in [0.29, 0.717) is 0 Å². The molecule has 5 heteroatoms. The summed E-state index contributed by atoms with van der Waals surface area (Å²) in [4.78, 5) is 5.47. The third kappa shape index (κ3) is 11.7. The van der Waals surface area contributed by atoms with E-state index in [2.05, 4.69) is 445 Å². The maximum atomic E-state index is 2.75. The molecule has 0 aliphatic carbocycles. The monoisotopic (exact) mass is 1450 g/mol. The number of anilines is 6. The predicted molar refractivity (Wildman–Crippen MR) is 483 cm³/mol. The molecule has 0 unspecified atom stereocenters. The zero-order valence-corrected chi connectivity index (χ0v) is 65.5. The first kappa shape index (κ1) is 69.0. The van der Waals surface area contributed by atoms with E-state index >= 15 is 0 Å². The van der Waals surface area contributed by atoms with Crippen molar-refractivity contribution in [1.82, 2.24) is 9.13 Å². The fraction of sp³-hybridized carbons (Fsp3) is 0.111. The first-order valence-corrected chi connectivity index (χ1v) is 39.9. The van der Waals surface area contributed by atoms with Gasteiger partial charge in [0.1, 0.15) is 0 Å². The molecule has 0 saturated heterocycles. The molecule has 0 spiro atoms. The Morgan fingerprint density at radius 2 is 0.575 bits per heavy atom. The minimum absolute atomic E-state index is 0.118. The van der Waals surface area contributed by atoms with Gasteiger partial charge in [-0.3, -0.25) is 0 Å². The number of hydrogen-bond donors (Lipinski definition) is 0. The second-order valence-corrected chi connectivity index (χ2v) is 34.0. The van der Waals surface area contributed by atoms with Gasteiger partial charge in [-0.05, 0) is 184 Å². The van der Waals surface area contributed by atoms with E-state index in [1.807, 2.05) is 0 Å². The largest absolute Gasteiger partial charge is 0.310 e. The minimum atomic E-state index is -0.359. The number of rotatable bonds is 11. The Morgan fingerprint density at radius 1 is 0.221 bits per heavy atom. The summed E-state index contributed by atoms with van der Waals surface area (Å²) in [6.07, 6.45) is 0. The Bertz CT molecular complexity index is 6610. The lowest BCUT2D eigenvalue weighted by Crippen LogP contribution is -2.61. The molecule has 0 atom stereocenters. The van der Waals surface area contributed by atoms with Crippen LogP contribution in [0, 0.1) is 0 Å². The molecule has 16 aromatic carbocycles.